The molecule has 238 valence electrons. The minimum absolute atomic E-state index is 0.0504. The Hall–Kier alpha value is -3.53. The van der Waals surface area contributed by atoms with Crippen LogP contribution in [0.5, 0.6) is 0 Å². The maximum absolute atomic E-state index is 13.9. The fourth-order valence-electron chi connectivity index (χ4n) is 6.17. The summed E-state index contributed by atoms with van der Waals surface area (Å²) in [6.45, 7) is 9.48. The SMILES string of the molecule is Cc1cc(-c2cccc(S(C)(=O)=O)c2)c(Cl)cc1C1C(=O)OC2(CCCN(CC(=O)NCc3ccc(C(C)(C)C)cc3)C2)C1=O. The van der Waals surface area contributed by atoms with Crippen molar-refractivity contribution < 1.29 is 27.5 Å². The lowest BCUT2D eigenvalue weighted by Gasteiger charge is -2.37. The number of rotatable bonds is 7. The lowest BCUT2D eigenvalue weighted by Crippen LogP contribution is -2.54. The van der Waals surface area contributed by atoms with E-state index in [1.807, 2.05) is 17.0 Å². The summed E-state index contributed by atoms with van der Waals surface area (Å²) in [7, 11) is -3.42. The summed E-state index contributed by atoms with van der Waals surface area (Å²) in [6.07, 6.45) is 2.12. The van der Waals surface area contributed by atoms with Crippen LogP contribution in [0, 0.1) is 6.92 Å². The Morgan fingerprint density at radius 1 is 1.09 bits per heavy atom. The molecule has 5 rings (SSSR count). The average molecular weight is 651 g/mol. The molecule has 2 aliphatic rings. The minimum Gasteiger partial charge on any atom is -0.449 e. The number of sulfone groups is 1. The van der Waals surface area contributed by atoms with Gasteiger partial charge in [0.15, 0.2) is 21.2 Å². The zero-order valence-electron chi connectivity index (χ0n) is 26.3. The van der Waals surface area contributed by atoms with Crippen molar-refractivity contribution in [3.8, 4) is 11.1 Å². The molecular weight excluding hydrogens is 612 g/mol. The third-order valence-electron chi connectivity index (χ3n) is 8.69. The number of esters is 1. The molecule has 0 bridgehead atoms. The van der Waals surface area contributed by atoms with Crippen molar-refractivity contribution >= 4 is 39.1 Å². The highest BCUT2D eigenvalue weighted by Crippen LogP contribution is 2.43. The second-order valence-corrected chi connectivity index (χ2v) is 15.7. The van der Waals surface area contributed by atoms with E-state index in [9.17, 15) is 22.8 Å². The van der Waals surface area contributed by atoms with Gasteiger partial charge in [-0.2, -0.15) is 0 Å². The molecule has 8 nitrogen and oxygen atoms in total. The van der Waals surface area contributed by atoms with E-state index < -0.39 is 27.3 Å². The van der Waals surface area contributed by atoms with E-state index in [0.29, 0.717) is 48.2 Å². The summed E-state index contributed by atoms with van der Waals surface area (Å²) in [4.78, 5) is 42.1. The first-order valence-corrected chi connectivity index (χ1v) is 17.3. The Labute approximate surface area is 270 Å². The molecule has 0 aromatic heterocycles. The van der Waals surface area contributed by atoms with Crippen molar-refractivity contribution in [1.29, 1.82) is 0 Å². The van der Waals surface area contributed by atoms with E-state index >= 15 is 0 Å². The number of amides is 1. The zero-order chi connectivity index (χ0) is 32.7. The van der Waals surface area contributed by atoms with Crippen molar-refractivity contribution in [1.82, 2.24) is 10.2 Å². The molecule has 2 fully saturated rings. The standard InChI is InChI=1S/C35H39ClN2O6S/c1-22-16-28(24-8-6-9-26(17-24)45(5,42)43)29(36)18-27(22)31-32(40)35(44-33(31)41)14-7-15-38(21-35)20-30(39)37-19-23-10-12-25(13-11-23)34(2,3)4/h6,8-13,16-18,31H,7,14-15,19-21H2,1-5H3,(H,37,39). The summed E-state index contributed by atoms with van der Waals surface area (Å²) in [6, 6.07) is 18.0. The number of halogens is 1. The summed E-state index contributed by atoms with van der Waals surface area (Å²) < 4.78 is 30.0. The number of nitrogens with one attached hydrogen (secondary N) is 1. The number of nitrogens with zero attached hydrogens (tertiary/aromatic N) is 1. The van der Waals surface area contributed by atoms with Gasteiger partial charge < -0.3 is 10.1 Å². The Morgan fingerprint density at radius 2 is 1.80 bits per heavy atom. The smallest absolute Gasteiger partial charge is 0.322 e. The average Bonchev–Trinajstić information content (AvgIpc) is 3.20. The van der Waals surface area contributed by atoms with Crippen molar-refractivity contribution in [2.24, 2.45) is 0 Å². The Morgan fingerprint density at radius 3 is 2.47 bits per heavy atom. The van der Waals surface area contributed by atoms with Gasteiger partial charge in [-0.05, 0) is 83.8 Å². The van der Waals surface area contributed by atoms with Crippen molar-refractivity contribution in [3.63, 3.8) is 0 Å². The molecule has 1 spiro atoms. The van der Waals surface area contributed by atoms with Crippen molar-refractivity contribution in [2.45, 2.75) is 68.9 Å². The van der Waals surface area contributed by atoms with Crippen LogP contribution in [-0.4, -0.2) is 62.5 Å². The maximum atomic E-state index is 13.9. The van der Waals surface area contributed by atoms with Crippen LogP contribution in [0.4, 0.5) is 0 Å². The molecule has 2 aliphatic heterocycles. The minimum atomic E-state index is -3.42. The molecular formula is C35H39ClN2O6S. The second-order valence-electron chi connectivity index (χ2n) is 13.2. The van der Waals surface area contributed by atoms with Crippen LogP contribution in [-0.2, 0) is 40.9 Å². The molecule has 1 N–H and O–H groups in total. The van der Waals surface area contributed by atoms with Crippen LogP contribution < -0.4 is 5.32 Å². The van der Waals surface area contributed by atoms with Crippen LogP contribution in [0.2, 0.25) is 5.02 Å². The van der Waals surface area contributed by atoms with E-state index in [1.54, 1.807) is 37.3 Å². The molecule has 45 heavy (non-hydrogen) atoms. The number of hydrogen-bond acceptors (Lipinski definition) is 7. The number of aryl methyl sites for hydroxylation is 1. The molecule has 2 saturated heterocycles. The number of piperidine rings is 1. The van der Waals surface area contributed by atoms with Crippen molar-refractivity contribution in [3.05, 3.63) is 87.9 Å². The summed E-state index contributed by atoms with van der Waals surface area (Å²) in [5, 5.41) is 3.25. The first-order chi connectivity index (χ1) is 21.1. The number of benzene rings is 3. The number of carbonyl (C=O) groups excluding carboxylic acids is 3. The molecule has 2 unspecified atom stereocenters. The lowest BCUT2D eigenvalue weighted by molar-refractivity contribution is -0.157. The van der Waals surface area contributed by atoms with Gasteiger partial charge in [0.25, 0.3) is 0 Å². The highest BCUT2D eigenvalue weighted by atomic mass is 35.5. The van der Waals surface area contributed by atoms with E-state index in [-0.39, 0.29) is 40.1 Å². The maximum Gasteiger partial charge on any atom is 0.322 e. The van der Waals surface area contributed by atoms with Gasteiger partial charge in [-0.1, -0.05) is 68.8 Å². The fraction of sp³-hybridized carbons (Fsp3) is 0.400. The highest BCUT2D eigenvalue weighted by Gasteiger charge is 2.57. The predicted molar refractivity (Wildman–Crippen MR) is 174 cm³/mol. The van der Waals surface area contributed by atoms with E-state index in [4.69, 9.17) is 16.3 Å². The highest BCUT2D eigenvalue weighted by molar-refractivity contribution is 7.90. The van der Waals surface area contributed by atoms with Crippen molar-refractivity contribution in [2.75, 3.05) is 25.9 Å². The molecule has 0 saturated carbocycles. The lowest BCUT2D eigenvalue weighted by atomic mass is 9.81. The third-order valence-corrected chi connectivity index (χ3v) is 10.1. The zero-order valence-corrected chi connectivity index (χ0v) is 27.8. The van der Waals surface area contributed by atoms with Gasteiger partial charge >= 0.3 is 5.97 Å². The first-order valence-electron chi connectivity index (χ1n) is 15.0. The summed E-state index contributed by atoms with van der Waals surface area (Å²) >= 11 is 6.67. The molecule has 3 aromatic rings. The molecule has 2 heterocycles. The molecule has 3 aromatic carbocycles. The monoisotopic (exact) mass is 650 g/mol. The summed E-state index contributed by atoms with van der Waals surface area (Å²) in [5.41, 5.74) is 3.26. The molecule has 10 heteroatoms. The van der Waals surface area contributed by atoms with Gasteiger partial charge in [0.2, 0.25) is 5.91 Å². The Kier molecular flexibility index (Phi) is 9.01. The Bertz CT molecular complexity index is 1760. The number of ketones is 1. The van der Waals surface area contributed by atoms with Gasteiger partial charge in [-0.25, -0.2) is 8.42 Å². The normalized spacial score (nSPS) is 20.8. The number of Topliss-reactive ketones (excluding diaryl/α,β-unsaturated/α-hetero) is 1. The van der Waals surface area contributed by atoms with Gasteiger partial charge in [0.1, 0.15) is 5.92 Å². The quantitative estimate of drug-likeness (QED) is 0.270. The second kappa shape index (κ2) is 12.3. The molecule has 0 aliphatic carbocycles. The van der Waals surface area contributed by atoms with Crippen LogP contribution in [0.15, 0.2) is 65.6 Å². The Balaban J connectivity index is 1.28. The van der Waals surface area contributed by atoms with Gasteiger partial charge in [0.05, 0.1) is 11.4 Å². The van der Waals surface area contributed by atoms with E-state index in [0.717, 1.165) is 11.8 Å². The number of likely N-dealkylation sites (tertiary alicyclic amines) is 1. The summed E-state index contributed by atoms with van der Waals surface area (Å²) in [5.74, 6) is -2.26. The van der Waals surface area contributed by atoms with Crippen LogP contribution >= 0.6 is 11.6 Å². The van der Waals surface area contributed by atoms with Gasteiger partial charge in [-0.15, -0.1) is 0 Å². The van der Waals surface area contributed by atoms with E-state index in [2.05, 4.69) is 38.2 Å². The number of hydrogen-bond donors (Lipinski definition) is 1. The van der Waals surface area contributed by atoms with Crippen LogP contribution in [0.3, 0.4) is 0 Å². The third kappa shape index (κ3) is 7.00. The molecule has 0 radical (unpaired) electrons. The topological polar surface area (TPSA) is 110 Å². The van der Waals surface area contributed by atoms with Crippen LogP contribution in [0.25, 0.3) is 11.1 Å². The number of carbonyl (C=O) groups is 3. The van der Waals surface area contributed by atoms with Crippen LogP contribution in [0.1, 0.15) is 61.8 Å². The first kappa shape index (κ1) is 32.9. The number of ether oxygens (including phenoxy) is 1. The van der Waals surface area contributed by atoms with E-state index in [1.165, 1.54) is 11.6 Å². The largest absolute Gasteiger partial charge is 0.449 e. The molecule has 2 atom stereocenters. The van der Waals surface area contributed by atoms with Gasteiger partial charge in [-0.3, -0.25) is 19.3 Å². The predicted octanol–water partition coefficient (Wildman–Crippen LogP) is 5.38. The fourth-order valence-corrected chi connectivity index (χ4v) is 7.12. The van der Waals surface area contributed by atoms with Gasteiger partial charge in [0, 0.05) is 29.9 Å². The molecule has 1 amide bonds.